The van der Waals surface area contributed by atoms with Gasteiger partial charge in [-0.3, -0.25) is 9.59 Å². The number of anilines is 1. The van der Waals surface area contributed by atoms with E-state index in [1.165, 1.54) is 0 Å². The highest BCUT2D eigenvalue weighted by Crippen LogP contribution is 2.30. The van der Waals surface area contributed by atoms with Gasteiger partial charge in [-0.1, -0.05) is 29.8 Å². The number of rotatable bonds is 5. The lowest BCUT2D eigenvalue weighted by atomic mass is 10.1. The minimum Gasteiger partial charge on any atom is -0.337 e. The van der Waals surface area contributed by atoms with E-state index >= 15 is 0 Å². The lowest BCUT2D eigenvalue weighted by Gasteiger charge is -2.18. The summed E-state index contributed by atoms with van der Waals surface area (Å²) in [4.78, 5) is 25.9. The van der Waals surface area contributed by atoms with E-state index in [1.54, 1.807) is 36.2 Å². The van der Waals surface area contributed by atoms with Crippen molar-refractivity contribution in [3.63, 3.8) is 0 Å². The summed E-state index contributed by atoms with van der Waals surface area (Å²) in [7, 11) is 1.74. The zero-order chi connectivity index (χ0) is 17.1. The van der Waals surface area contributed by atoms with Crippen molar-refractivity contribution >= 4 is 29.1 Å². The fourth-order valence-corrected chi connectivity index (χ4v) is 2.66. The van der Waals surface area contributed by atoms with Crippen LogP contribution in [-0.2, 0) is 11.3 Å². The first-order chi connectivity index (χ1) is 11.5. The molecular weight excluding hydrogens is 324 g/mol. The largest absolute Gasteiger partial charge is 0.337 e. The maximum Gasteiger partial charge on any atom is 0.253 e. The number of carbonyl (C=O) groups excluding carboxylic acids is 2. The predicted molar refractivity (Wildman–Crippen MR) is 95.0 cm³/mol. The summed E-state index contributed by atoms with van der Waals surface area (Å²) >= 11 is 6.14. The van der Waals surface area contributed by atoms with Gasteiger partial charge in [-0.25, -0.2) is 0 Å². The molecule has 0 aromatic heterocycles. The molecule has 124 valence electrons. The van der Waals surface area contributed by atoms with Crippen LogP contribution in [0.2, 0.25) is 5.02 Å². The molecule has 1 aliphatic rings. The molecule has 1 N–H and O–H groups in total. The third-order valence-corrected chi connectivity index (χ3v) is 4.43. The Morgan fingerprint density at radius 1 is 1.12 bits per heavy atom. The Morgan fingerprint density at radius 3 is 2.42 bits per heavy atom. The molecule has 1 fully saturated rings. The molecular formula is C19H19ClN2O2. The van der Waals surface area contributed by atoms with Gasteiger partial charge < -0.3 is 10.2 Å². The van der Waals surface area contributed by atoms with E-state index < -0.39 is 0 Å². The number of nitrogens with zero attached hydrogens (tertiary/aromatic N) is 1. The quantitative estimate of drug-likeness (QED) is 0.894. The number of amides is 2. The first-order valence-electron chi connectivity index (χ1n) is 7.94. The van der Waals surface area contributed by atoms with E-state index in [4.69, 9.17) is 11.6 Å². The van der Waals surface area contributed by atoms with Gasteiger partial charge in [0.05, 0.1) is 0 Å². The van der Waals surface area contributed by atoms with Crippen molar-refractivity contribution in [1.82, 2.24) is 4.90 Å². The SMILES string of the molecule is CN(Cc1ccccc1Cl)C(=O)c1ccc(NC(=O)C2CC2)cc1. The third-order valence-electron chi connectivity index (χ3n) is 4.06. The normalized spacial score (nSPS) is 13.4. The van der Waals surface area contributed by atoms with E-state index in [0.29, 0.717) is 17.1 Å². The summed E-state index contributed by atoms with van der Waals surface area (Å²) < 4.78 is 0. The fourth-order valence-electron chi connectivity index (χ4n) is 2.46. The summed E-state index contributed by atoms with van der Waals surface area (Å²) in [5.74, 6) is 0.132. The van der Waals surface area contributed by atoms with Crippen molar-refractivity contribution in [2.75, 3.05) is 12.4 Å². The standard InChI is InChI=1S/C19H19ClN2O2/c1-22(12-15-4-2-3-5-17(15)20)19(24)14-8-10-16(11-9-14)21-18(23)13-6-7-13/h2-5,8-11,13H,6-7,12H2,1H3,(H,21,23). The van der Waals surface area contributed by atoms with Crippen LogP contribution < -0.4 is 5.32 Å². The monoisotopic (exact) mass is 342 g/mol. The van der Waals surface area contributed by atoms with Gasteiger partial charge in [-0.2, -0.15) is 0 Å². The van der Waals surface area contributed by atoms with Crippen molar-refractivity contribution in [2.24, 2.45) is 5.92 Å². The van der Waals surface area contributed by atoms with E-state index in [1.807, 2.05) is 24.3 Å². The molecule has 2 amide bonds. The number of hydrogen-bond acceptors (Lipinski definition) is 2. The average Bonchev–Trinajstić information content (AvgIpc) is 3.42. The Kier molecular flexibility index (Phi) is 4.86. The van der Waals surface area contributed by atoms with Crippen LogP contribution in [0.1, 0.15) is 28.8 Å². The highest BCUT2D eigenvalue weighted by molar-refractivity contribution is 6.31. The molecule has 2 aromatic carbocycles. The van der Waals surface area contributed by atoms with Crippen molar-refractivity contribution < 1.29 is 9.59 Å². The second kappa shape index (κ2) is 7.05. The van der Waals surface area contributed by atoms with Crippen molar-refractivity contribution in [3.05, 3.63) is 64.7 Å². The molecule has 1 aliphatic carbocycles. The summed E-state index contributed by atoms with van der Waals surface area (Å²) in [5.41, 5.74) is 2.20. The molecule has 0 heterocycles. The lowest BCUT2D eigenvalue weighted by Crippen LogP contribution is -2.26. The molecule has 0 aliphatic heterocycles. The topological polar surface area (TPSA) is 49.4 Å². The molecule has 1 saturated carbocycles. The Bertz CT molecular complexity index is 754. The molecule has 0 atom stereocenters. The van der Waals surface area contributed by atoms with Gasteiger partial charge >= 0.3 is 0 Å². The maximum absolute atomic E-state index is 12.5. The zero-order valence-electron chi connectivity index (χ0n) is 13.5. The van der Waals surface area contributed by atoms with Crippen LogP contribution in [-0.4, -0.2) is 23.8 Å². The van der Waals surface area contributed by atoms with Crippen LogP contribution in [0.25, 0.3) is 0 Å². The van der Waals surface area contributed by atoms with Crippen molar-refractivity contribution in [1.29, 1.82) is 0 Å². The Balaban J connectivity index is 1.63. The number of benzene rings is 2. The lowest BCUT2D eigenvalue weighted by molar-refractivity contribution is -0.117. The minimum atomic E-state index is -0.0880. The number of hydrogen-bond donors (Lipinski definition) is 1. The van der Waals surface area contributed by atoms with Crippen LogP contribution in [0.15, 0.2) is 48.5 Å². The fraction of sp³-hybridized carbons (Fsp3) is 0.263. The molecule has 0 unspecified atom stereocenters. The average molecular weight is 343 g/mol. The van der Waals surface area contributed by atoms with Crippen LogP contribution >= 0.6 is 11.6 Å². The molecule has 2 aromatic rings. The molecule has 4 nitrogen and oxygen atoms in total. The van der Waals surface area contributed by atoms with Crippen LogP contribution in [0, 0.1) is 5.92 Å². The molecule has 0 saturated heterocycles. The van der Waals surface area contributed by atoms with E-state index in [-0.39, 0.29) is 17.7 Å². The van der Waals surface area contributed by atoms with Gasteiger partial charge in [0.25, 0.3) is 5.91 Å². The first-order valence-corrected chi connectivity index (χ1v) is 8.32. The minimum absolute atomic E-state index is 0.0601. The zero-order valence-corrected chi connectivity index (χ0v) is 14.2. The number of halogens is 1. The smallest absolute Gasteiger partial charge is 0.253 e. The summed E-state index contributed by atoms with van der Waals surface area (Å²) in [6.07, 6.45) is 1.94. The second-order valence-electron chi connectivity index (χ2n) is 6.09. The van der Waals surface area contributed by atoms with Crippen LogP contribution in [0.4, 0.5) is 5.69 Å². The number of carbonyl (C=O) groups is 2. The molecule has 0 spiro atoms. The molecule has 0 radical (unpaired) electrons. The third kappa shape index (κ3) is 3.95. The Morgan fingerprint density at radius 2 is 1.79 bits per heavy atom. The highest BCUT2D eigenvalue weighted by Gasteiger charge is 2.29. The summed E-state index contributed by atoms with van der Waals surface area (Å²) in [6, 6.07) is 14.5. The predicted octanol–water partition coefficient (Wildman–Crippen LogP) is 3.96. The summed E-state index contributed by atoms with van der Waals surface area (Å²) in [6.45, 7) is 0.443. The molecule has 0 bridgehead atoms. The van der Waals surface area contributed by atoms with E-state index in [0.717, 1.165) is 24.1 Å². The highest BCUT2D eigenvalue weighted by atomic mass is 35.5. The molecule has 5 heteroatoms. The van der Waals surface area contributed by atoms with Gasteiger partial charge in [0.15, 0.2) is 0 Å². The van der Waals surface area contributed by atoms with Crippen molar-refractivity contribution in [3.8, 4) is 0 Å². The van der Waals surface area contributed by atoms with Crippen LogP contribution in [0.5, 0.6) is 0 Å². The van der Waals surface area contributed by atoms with E-state index in [9.17, 15) is 9.59 Å². The van der Waals surface area contributed by atoms with Gasteiger partial charge in [0.1, 0.15) is 0 Å². The van der Waals surface area contributed by atoms with Gasteiger partial charge in [-0.15, -0.1) is 0 Å². The van der Waals surface area contributed by atoms with E-state index in [2.05, 4.69) is 5.32 Å². The molecule has 24 heavy (non-hydrogen) atoms. The van der Waals surface area contributed by atoms with Gasteiger partial charge in [0.2, 0.25) is 5.91 Å². The molecule has 3 rings (SSSR count). The first kappa shape index (κ1) is 16.5. The maximum atomic E-state index is 12.5. The summed E-state index contributed by atoms with van der Waals surface area (Å²) in [5, 5.41) is 3.51. The van der Waals surface area contributed by atoms with Gasteiger partial charge in [0, 0.05) is 35.8 Å². The van der Waals surface area contributed by atoms with Crippen LogP contribution in [0.3, 0.4) is 0 Å². The Hall–Kier alpha value is -2.33. The number of nitrogens with one attached hydrogen (secondary N) is 1. The second-order valence-corrected chi connectivity index (χ2v) is 6.50. The van der Waals surface area contributed by atoms with Gasteiger partial charge in [-0.05, 0) is 48.7 Å². The Labute approximate surface area is 146 Å². The van der Waals surface area contributed by atoms with Crippen molar-refractivity contribution in [2.45, 2.75) is 19.4 Å².